The van der Waals surface area contributed by atoms with E-state index in [1.807, 2.05) is 13.8 Å². The lowest BCUT2D eigenvalue weighted by Crippen LogP contribution is -2.40. The zero-order valence-electron chi connectivity index (χ0n) is 18.4. The van der Waals surface area contributed by atoms with E-state index < -0.39 is 46.1 Å². The van der Waals surface area contributed by atoms with Crippen LogP contribution in [0.1, 0.15) is 38.2 Å². The van der Waals surface area contributed by atoms with Crippen molar-refractivity contribution in [1.29, 1.82) is 0 Å². The van der Waals surface area contributed by atoms with E-state index in [4.69, 9.17) is 4.74 Å². The molecule has 1 aliphatic heterocycles. The van der Waals surface area contributed by atoms with Gasteiger partial charge in [0.1, 0.15) is 11.6 Å². The third-order valence-electron chi connectivity index (χ3n) is 5.46. The first-order chi connectivity index (χ1) is 15.6. The van der Waals surface area contributed by atoms with E-state index in [9.17, 15) is 26.8 Å². The predicted molar refractivity (Wildman–Crippen MR) is 118 cm³/mol. The van der Waals surface area contributed by atoms with Crippen molar-refractivity contribution < 1.29 is 31.5 Å². The lowest BCUT2D eigenvalue weighted by Gasteiger charge is -2.30. The van der Waals surface area contributed by atoms with Crippen molar-refractivity contribution in [2.24, 2.45) is 5.92 Å². The van der Waals surface area contributed by atoms with Gasteiger partial charge in [-0.25, -0.2) is 17.2 Å². The fourth-order valence-electron chi connectivity index (χ4n) is 3.58. The maximum absolute atomic E-state index is 13.2. The Hall–Kier alpha value is -2.85. The largest absolute Gasteiger partial charge is 0.455 e. The zero-order valence-corrected chi connectivity index (χ0v) is 19.2. The number of benzene rings is 2. The highest BCUT2D eigenvalue weighted by atomic mass is 32.2. The van der Waals surface area contributed by atoms with E-state index in [-0.39, 0.29) is 36.5 Å². The standard InChI is InChI=1S/C23H26F2N2O5S/c1-15(2)16-3-5-21(6-4-16)33(30,31)27-9-7-17(8-10-27)23(29)32-14-22(28)26-20-12-18(24)11-19(25)13-20/h3-6,11-13,15,17H,7-10,14H2,1-2H3,(H,26,28). The highest BCUT2D eigenvalue weighted by Gasteiger charge is 2.33. The quantitative estimate of drug-likeness (QED) is 0.611. The van der Waals surface area contributed by atoms with Crippen LogP contribution < -0.4 is 5.32 Å². The number of carbonyl (C=O) groups is 2. The highest BCUT2D eigenvalue weighted by Crippen LogP contribution is 2.26. The summed E-state index contributed by atoms with van der Waals surface area (Å²) in [5.41, 5.74) is 0.954. The second-order valence-electron chi connectivity index (χ2n) is 8.22. The number of hydrogen-bond donors (Lipinski definition) is 1. The number of nitrogens with zero attached hydrogens (tertiary/aromatic N) is 1. The molecule has 10 heteroatoms. The minimum Gasteiger partial charge on any atom is -0.455 e. The van der Waals surface area contributed by atoms with Gasteiger partial charge in [0.05, 0.1) is 10.8 Å². The minimum atomic E-state index is -3.67. The first kappa shape index (κ1) is 24.8. The van der Waals surface area contributed by atoms with Crippen molar-refractivity contribution in [2.75, 3.05) is 25.0 Å². The molecule has 2 aromatic rings. The maximum Gasteiger partial charge on any atom is 0.309 e. The monoisotopic (exact) mass is 480 g/mol. The van der Waals surface area contributed by atoms with Crippen LogP contribution in [0.5, 0.6) is 0 Å². The molecule has 0 radical (unpaired) electrons. The summed E-state index contributed by atoms with van der Waals surface area (Å²) < 4.78 is 58.5. The molecule has 7 nitrogen and oxygen atoms in total. The Balaban J connectivity index is 1.49. The predicted octanol–water partition coefficient (Wildman–Crippen LogP) is 3.67. The Kier molecular flexibility index (Phi) is 7.80. The molecule has 0 bridgehead atoms. The average Bonchev–Trinajstić information content (AvgIpc) is 2.77. The summed E-state index contributed by atoms with van der Waals surface area (Å²) in [7, 11) is -3.67. The van der Waals surface area contributed by atoms with E-state index in [1.54, 1.807) is 24.3 Å². The summed E-state index contributed by atoms with van der Waals surface area (Å²) in [6.45, 7) is 3.75. The van der Waals surface area contributed by atoms with E-state index >= 15 is 0 Å². The normalized spacial score (nSPS) is 15.4. The molecule has 1 amide bonds. The molecule has 0 unspecified atom stereocenters. The van der Waals surface area contributed by atoms with Gasteiger partial charge < -0.3 is 10.1 Å². The molecule has 1 fully saturated rings. The molecule has 1 N–H and O–H groups in total. The molecule has 33 heavy (non-hydrogen) atoms. The number of piperidine rings is 1. The number of sulfonamides is 1. The van der Waals surface area contributed by atoms with Gasteiger partial charge in [0.15, 0.2) is 6.61 Å². The second-order valence-corrected chi connectivity index (χ2v) is 10.2. The van der Waals surface area contributed by atoms with Crippen molar-refractivity contribution in [3.8, 4) is 0 Å². The zero-order chi connectivity index (χ0) is 24.2. The Bertz CT molecular complexity index is 1090. The number of hydrogen-bond acceptors (Lipinski definition) is 5. The van der Waals surface area contributed by atoms with Crippen LogP contribution in [0.15, 0.2) is 47.4 Å². The highest BCUT2D eigenvalue weighted by molar-refractivity contribution is 7.89. The van der Waals surface area contributed by atoms with Gasteiger partial charge in [-0.1, -0.05) is 26.0 Å². The lowest BCUT2D eigenvalue weighted by molar-refractivity contribution is -0.152. The number of ether oxygens (including phenoxy) is 1. The maximum atomic E-state index is 13.2. The van der Waals surface area contributed by atoms with Gasteiger partial charge in [0.2, 0.25) is 10.0 Å². The van der Waals surface area contributed by atoms with Crippen LogP contribution in [0, 0.1) is 17.6 Å². The molecular weight excluding hydrogens is 454 g/mol. The van der Waals surface area contributed by atoms with E-state index in [0.29, 0.717) is 12.0 Å². The van der Waals surface area contributed by atoms with Gasteiger partial charge in [-0.2, -0.15) is 4.31 Å². The number of halogens is 2. The molecule has 3 rings (SSSR count). The Morgan fingerprint density at radius 3 is 2.18 bits per heavy atom. The summed E-state index contributed by atoms with van der Waals surface area (Å²) in [5.74, 6) is -3.30. The molecule has 1 aliphatic rings. The molecule has 2 aromatic carbocycles. The fourth-order valence-corrected chi connectivity index (χ4v) is 5.05. The number of carbonyl (C=O) groups excluding carboxylic acids is 2. The summed E-state index contributed by atoms with van der Waals surface area (Å²) >= 11 is 0. The van der Waals surface area contributed by atoms with E-state index in [2.05, 4.69) is 5.32 Å². The van der Waals surface area contributed by atoms with Crippen LogP contribution in [0.25, 0.3) is 0 Å². The third-order valence-corrected chi connectivity index (χ3v) is 7.38. The van der Waals surface area contributed by atoms with Crippen molar-refractivity contribution >= 4 is 27.6 Å². The fraction of sp³-hybridized carbons (Fsp3) is 0.391. The third kappa shape index (κ3) is 6.35. The Morgan fingerprint density at radius 2 is 1.64 bits per heavy atom. The van der Waals surface area contributed by atoms with Crippen LogP contribution in [0.4, 0.5) is 14.5 Å². The summed E-state index contributed by atoms with van der Waals surface area (Å²) in [6, 6.07) is 9.33. The first-order valence-electron chi connectivity index (χ1n) is 10.6. The van der Waals surface area contributed by atoms with Crippen molar-refractivity contribution in [3.63, 3.8) is 0 Å². The summed E-state index contributed by atoms with van der Waals surface area (Å²) in [6.07, 6.45) is 0.526. The van der Waals surface area contributed by atoms with Crippen molar-refractivity contribution in [1.82, 2.24) is 4.31 Å². The molecule has 0 atom stereocenters. The Labute approximate surface area is 191 Å². The first-order valence-corrected chi connectivity index (χ1v) is 12.0. The van der Waals surface area contributed by atoms with Crippen LogP contribution in [-0.2, 0) is 24.3 Å². The molecule has 0 aromatic heterocycles. The lowest BCUT2D eigenvalue weighted by atomic mass is 9.98. The van der Waals surface area contributed by atoms with Crippen LogP contribution in [-0.4, -0.2) is 44.3 Å². The van der Waals surface area contributed by atoms with Gasteiger partial charge in [0.25, 0.3) is 5.91 Å². The molecule has 0 aliphatic carbocycles. The van der Waals surface area contributed by atoms with Gasteiger partial charge in [0, 0.05) is 24.8 Å². The second kappa shape index (κ2) is 10.4. The minimum absolute atomic E-state index is 0.0894. The van der Waals surface area contributed by atoms with Crippen molar-refractivity contribution in [2.45, 2.75) is 37.5 Å². The van der Waals surface area contributed by atoms with E-state index in [0.717, 1.165) is 17.7 Å². The van der Waals surface area contributed by atoms with Gasteiger partial charge in [-0.05, 0) is 48.6 Å². The van der Waals surface area contributed by atoms with Gasteiger partial charge in [-0.3, -0.25) is 9.59 Å². The number of rotatable bonds is 7. The summed E-state index contributed by atoms with van der Waals surface area (Å²) in [5, 5.41) is 2.25. The number of amides is 1. The topological polar surface area (TPSA) is 92.8 Å². The molecule has 0 spiro atoms. The molecule has 178 valence electrons. The number of esters is 1. The average molecular weight is 481 g/mol. The molecule has 1 saturated heterocycles. The van der Waals surface area contributed by atoms with Crippen LogP contribution in [0.3, 0.4) is 0 Å². The molecule has 0 saturated carbocycles. The summed E-state index contributed by atoms with van der Waals surface area (Å²) in [4.78, 5) is 24.4. The molecule has 1 heterocycles. The van der Waals surface area contributed by atoms with Crippen LogP contribution >= 0.6 is 0 Å². The SMILES string of the molecule is CC(C)c1ccc(S(=O)(=O)N2CCC(C(=O)OCC(=O)Nc3cc(F)cc(F)c3)CC2)cc1. The Morgan fingerprint density at radius 1 is 1.06 bits per heavy atom. The number of nitrogens with one attached hydrogen (secondary N) is 1. The van der Waals surface area contributed by atoms with Crippen LogP contribution in [0.2, 0.25) is 0 Å². The van der Waals surface area contributed by atoms with Gasteiger partial charge in [-0.15, -0.1) is 0 Å². The van der Waals surface area contributed by atoms with Crippen molar-refractivity contribution in [3.05, 3.63) is 59.7 Å². The van der Waals surface area contributed by atoms with Gasteiger partial charge >= 0.3 is 5.97 Å². The van der Waals surface area contributed by atoms with E-state index in [1.165, 1.54) is 4.31 Å². The number of anilines is 1. The molecular formula is C23H26F2N2O5S. The smallest absolute Gasteiger partial charge is 0.309 e.